The third-order valence-corrected chi connectivity index (χ3v) is 3.87. The lowest BCUT2D eigenvalue weighted by atomic mass is 10.4. The van der Waals surface area contributed by atoms with E-state index in [0.717, 1.165) is 4.21 Å². The summed E-state index contributed by atoms with van der Waals surface area (Å²) >= 11 is 3.10. The number of aliphatic hydroxyl groups excluding tert-OH is 1. The first-order chi connectivity index (χ1) is 7.72. The highest BCUT2D eigenvalue weighted by atomic mass is 32.2. The Balaban J connectivity index is 2.11. The number of ether oxygens (including phenoxy) is 1. The predicted octanol–water partition coefficient (Wildman–Crippen LogP) is 0.964. The van der Waals surface area contributed by atoms with Gasteiger partial charge >= 0.3 is 0 Å². The minimum atomic E-state index is -0.638. The highest BCUT2D eigenvalue weighted by molar-refractivity contribution is 8.01. The van der Waals surface area contributed by atoms with Crippen molar-refractivity contribution in [1.29, 1.82) is 0 Å². The van der Waals surface area contributed by atoms with Gasteiger partial charge in [-0.3, -0.25) is 4.79 Å². The molecule has 0 spiro atoms. The molecule has 1 aromatic heterocycles. The highest BCUT2D eigenvalue weighted by Crippen LogP contribution is 2.22. The van der Waals surface area contributed by atoms with E-state index in [-0.39, 0.29) is 19.1 Å². The van der Waals surface area contributed by atoms with E-state index < -0.39 is 6.10 Å². The molecule has 1 heterocycles. The van der Waals surface area contributed by atoms with Crippen LogP contribution in [0.25, 0.3) is 0 Å². The molecule has 0 aliphatic carbocycles. The zero-order valence-electron chi connectivity index (χ0n) is 9.01. The van der Waals surface area contributed by atoms with Crippen molar-refractivity contribution in [3.8, 4) is 0 Å². The Bertz CT molecular complexity index is 303. The molecule has 1 rings (SSSR count). The van der Waals surface area contributed by atoms with Gasteiger partial charge in [-0.2, -0.15) is 0 Å². The van der Waals surface area contributed by atoms with E-state index in [1.165, 1.54) is 18.9 Å². The van der Waals surface area contributed by atoms with Crippen LogP contribution in [0.5, 0.6) is 0 Å². The van der Waals surface area contributed by atoms with Gasteiger partial charge in [-0.15, -0.1) is 23.1 Å². The Labute approximate surface area is 103 Å². The van der Waals surface area contributed by atoms with Crippen molar-refractivity contribution < 1.29 is 14.6 Å². The molecule has 1 unspecified atom stereocenters. The smallest absolute Gasteiger partial charge is 0.230 e. The fraction of sp³-hybridized carbons (Fsp3) is 0.500. The normalized spacial score (nSPS) is 12.4. The van der Waals surface area contributed by atoms with E-state index in [4.69, 9.17) is 4.74 Å². The van der Waals surface area contributed by atoms with Gasteiger partial charge in [0.1, 0.15) is 0 Å². The average Bonchev–Trinajstić information content (AvgIpc) is 2.77. The number of thiophene rings is 1. The number of nitrogens with one attached hydrogen (secondary N) is 1. The maximum absolute atomic E-state index is 11.4. The summed E-state index contributed by atoms with van der Waals surface area (Å²) in [5, 5.41) is 13.9. The molecule has 16 heavy (non-hydrogen) atoms. The van der Waals surface area contributed by atoms with Gasteiger partial charge in [0.05, 0.1) is 22.7 Å². The number of hydrogen-bond donors (Lipinski definition) is 2. The Morgan fingerprint density at radius 2 is 2.56 bits per heavy atom. The van der Waals surface area contributed by atoms with E-state index in [2.05, 4.69) is 5.32 Å². The second-order valence-electron chi connectivity index (χ2n) is 3.13. The number of hydrogen-bond acceptors (Lipinski definition) is 5. The summed E-state index contributed by atoms with van der Waals surface area (Å²) in [6, 6.07) is 3.93. The monoisotopic (exact) mass is 261 g/mol. The zero-order valence-corrected chi connectivity index (χ0v) is 10.6. The summed E-state index contributed by atoms with van der Waals surface area (Å²) in [5.41, 5.74) is 0. The molecule has 0 fully saturated rings. The quantitative estimate of drug-likeness (QED) is 0.718. The number of amides is 1. The summed E-state index contributed by atoms with van der Waals surface area (Å²) in [6.07, 6.45) is -0.638. The van der Waals surface area contributed by atoms with E-state index in [9.17, 15) is 9.90 Å². The molecular weight excluding hydrogens is 246 g/mol. The van der Waals surface area contributed by atoms with Crippen LogP contribution in [0.4, 0.5) is 0 Å². The first-order valence-corrected chi connectivity index (χ1v) is 6.69. The number of rotatable bonds is 7. The van der Waals surface area contributed by atoms with E-state index >= 15 is 0 Å². The van der Waals surface area contributed by atoms with Crippen molar-refractivity contribution in [2.75, 3.05) is 26.0 Å². The molecule has 90 valence electrons. The second-order valence-corrected chi connectivity index (χ2v) is 5.36. The van der Waals surface area contributed by atoms with Crippen molar-refractivity contribution in [2.45, 2.75) is 10.3 Å². The SMILES string of the molecule is COCC(O)CNC(=O)CSc1cccs1. The molecule has 0 aliphatic rings. The number of thioether (sulfide) groups is 1. The number of carbonyl (C=O) groups is 1. The largest absolute Gasteiger partial charge is 0.389 e. The Kier molecular flexibility index (Phi) is 6.47. The van der Waals surface area contributed by atoms with Gasteiger partial charge in [0.2, 0.25) is 5.91 Å². The first-order valence-electron chi connectivity index (χ1n) is 4.82. The molecule has 0 radical (unpaired) electrons. The van der Waals surface area contributed by atoms with Crippen LogP contribution in [0.2, 0.25) is 0 Å². The average molecular weight is 261 g/mol. The minimum absolute atomic E-state index is 0.0754. The van der Waals surface area contributed by atoms with Crippen LogP contribution < -0.4 is 5.32 Å². The fourth-order valence-corrected chi connectivity index (χ4v) is 2.63. The molecule has 4 nitrogen and oxygen atoms in total. The van der Waals surface area contributed by atoms with E-state index in [1.807, 2.05) is 17.5 Å². The van der Waals surface area contributed by atoms with Gasteiger partial charge in [0.25, 0.3) is 0 Å². The van der Waals surface area contributed by atoms with Gasteiger partial charge in [-0.1, -0.05) is 6.07 Å². The topological polar surface area (TPSA) is 58.6 Å². The van der Waals surface area contributed by atoms with Crippen LogP contribution in [0.1, 0.15) is 0 Å². The minimum Gasteiger partial charge on any atom is -0.389 e. The maximum Gasteiger partial charge on any atom is 0.230 e. The van der Waals surface area contributed by atoms with Crippen molar-refractivity contribution in [1.82, 2.24) is 5.32 Å². The number of methoxy groups -OCH3 is 1. The van der Waals surface area contributed by atoms with Crippen molar-refractivity contribution in [3.05, 3.63) is 17.5 Å². The molecule has 0 saturated heterocycles. The summed E-state index contributed by atoms with van der Waals surface area (Å²) in [4.78, 5) is 11.4. The van der Waals surface area contributed by atoms with E-state index in [0.29, 0.717) is 5.75 Å². The zero-order chi connectivity index (χ0) is 11.8. The van der Waals surface area contributed by atoms with Crippen molar-refractivity contribution >= 4 is 29.0 Å². The Morgan fingerprint density at radius 1 is 1.75 bits per heavy atom. The lowest BCUT2D eigenvalue weighted by Crippen LogP contribution is -2.35. The standard InChI is InChI=1S/C10H15NO3S2/c1-14-6-8(12)5-11-9(13)7-16-10-3-2-4-15-10/h2-4,8,12H,5-7H2,1H3,(H,11,13). The molecule has 1 amide bonds. The Morgan fingerprint density at radius 3 is 3.19 bits per heavy atom. The van der Waals surface area contributed by atoms with Crippen LogP contribution in [0.3, 0.4) is 0 Å². The van der Waals surface area contributed by atoms with Gasteiger partial charge in [0, 0.05) is 13.7 Å². The lowest BCUT2D eigenvalue weighted by molar-refractivity contribution is -0.119. The summed E-state index contributed by atoms with van der Waals surface area (Å²) < 4.78 is 5.87. The molecule has 1 aromatic rings. The summed E-state index contributed by atoms with van der Waals surface area (Å²) in [7, 11) is 1.51. The second kappa shape index (κ2) is 7.67. The summed E-state index contributed by atoms with van der Waals surface area (Å²) in [5.74, 6) is 0.300. The molecule has 0 bridgehead atoms. The van der Waals surface area contributed by atoms with E-state index in [1.54, 1.807) is 11.3 Å². The Hall–Kier alpha value is -0.560. The fourth-order valence-electron chi connectivity index (χ4n) is 1.02. The van der Waals surface area contributed by atoms with Crippen LogP contribution >= 0.6 is 23.1 Å². The van der Waals surface area contributed by atoms with Gasteiger partial charge in [-0.25, -0.2) is 0 Å². The van der Waals surface area contributed by atoms with Gasteiger partial charge in [0.15, 0.2) is 0 Å². The van der Waals surface area contributed by atoms with Gasteiger partial charge < -0.3 is 15.2 Å². The molecule has 0 saturated carbocycles. The molecule has 6 heteroatoms. The third kappa shape index (κ3) is 5.50. The molecular formula is C10H15NO3S2. The summed E-state index contributed by atoms with van der Waals surface area (Å²) in [6.45, 7) is 0.468. The number of carbonyl (C=O) groups excluding carboxylic acids is 1. The first kappa shape index (κ1) is 13.5. The molecule has 1 atom stereocenters. The highest BCUT2D eigenvalue weighted by Gasteiger charge is 2.07. The van der Waals surface area contributed by atoms with Crippen LogP contribution in [-0.2, 0) is 9.53 Å². The number of aliphatic hydroxyl groups is 1. The van der Waals surface area contributed by atoms with Crippen LogP contribution in [0, 0.1) is 0 Å². The van der Waals surface area contributed by atoms with Crippen LogP contribution in [-0.4, -0.2) is 43.1 Å². The third-order valence-electron chi connectivity index (χ3n) is 1.73. The molecule has 2 N–H and O–H groups in total. The van der Waals surface area contributed by atoms with Crippen LogP contribution in [0.15, 0.2) is 21.7 Å². The van der Waals surface area contributed by atoms with Crippen molar-refractivity contribution in [3.63, 3.8) is 0 Å². The molecule has 0 aromatic carbocycles. The molecule has 0 aliphatic heterocycles. The van der Waals surface area contributed by atoms with Crippen molar-refractivity contribution in [2.24, 2.45) is 0 Å². The lowest BCUT2D eigenvalue weighted by Gasteiger charge is -2.10. The van der Waals surface area contributed by atoms with Gasteiger partial charge in [-0.05, 0) is 11.4 Å². The maximum atomic E-state index is 11.4. The predicted molar refractivity (Wildman–Crippen MR) is 65.9 cm³/mol.